The van der Waals surface area contributed by atoms with Crippen LogP contribution in [0.5, 0.6) is 5.88 Å². The Bertz CT molecular complexity index is 1190. The van der Waals surface area contributed by atoms with Gasteiger partial charge in [-0.05, 0) is 54.4 Å². The van der Waals surface area contributed by atoms with Gasteiger partial charge in [0.2, 0.25) is 11.8 Å². The van der Waals surface area contributed by atoms with Crippen molar-refractivity contribution < 1.29 is 21.9 Å². The largest absolute Gasteiger partial charge is 0.447 e. The lowest BCUT2D eigenvalue weighted by atomic mass is 9.87. The SMILES string of the molecule is CCCc1ccc2c(c1)CCc1ccc(OS(=O)(=O)O)nc1C2=C1CCN(C(=O)CC)CC1. The van der Waals surface area contributed by atoms with E-state index in [1.54, 1.807) is 0 Å². The number of benzene rings is 1. The number of amides is 1. The van der Waals surface area contributed by atoms with Crippen molar-refractivity contribution >= 4 is 21.9 Å². The lowest BCUT2D eigenvalue weighted by molar-refractivity contribution is -0.131. The molecule has 0 saturated carbocycles. The first-order valence-corrected chi connectivity index (χ1v) is 12.9. The average Bonchev–Trinajstić information content (AvgIpc) is 2.94. The van der Waals surface area contributed by atoms with Gasteiger partial charge in [-0.15, -0.1) is 0 Å². The number of fused-ring (bicyclic) bond motifs is 2. The Morgan fingerprint density at radius 2 is 1.79 bits per heavy atom. The van der Waals surface area contributed by atoms with Gasteiger partial charge in [-0.1, -0.05) is 50.1 Å². The normalized spacial score (nSPS) is 16.2. The minimum atomic E-state index is -4.67. The van der Waals surface area contributed by atoms with Crippen LogP contribution in [-0.4, -0.2) is 41.9 Å². The van der Waals surface area contributed by atoms with Crippen LogP contribution in [0.3, 0.4) is 0 Å². The first kappa shape index (κ1) is 23.4. The number of likely N-dealkylation sites (tertiary alicyclic amines) is 1. The molecule has 0 unspecified atom stereocenters. The van der Waals surface area contributed by atoms with Crippen LogP contribution in [0.25, 0.3) is 5.57 Å². The molecule has 0 radical (unpaired) electrons. The maximum Gasteiger partial charge on any atom is 0.447 e. The van der Waals surface area contributed by atoms with Crippen molar-refractivity contribution in [3.63, 3.8) is 0 Å². The van der Waals surface area contributed by atoms with Crippen LogP contribution >= 0.6 is 0 Å². The molecule has 7 nitrogen and oxygen atoms in total. The molecule has 2 aliphatic rings. The number of nitrogens with zero attached hydrogens (tertiary/aromatic N) is 2. The van der Waals surface area contributed by atoms with E-state index in [0.29, 0.717) is 25.2 Å². The molecule has 1 saturated heterocycles. The highest BCUT2D eigenvalue weighted by Crippen LogP contribution is 2.39. The zero-order valence-electron chi connectivity index (χ0n) is 19.1. The number of aromatic nitrogens is 1. The van der Waals surface area contributed by atoms with Crippen molar-refractivity contribution in [2.24, 2.45) is 0 Å². The fourth-order valence-electron chi connectivity index (χ4n) is 4.84. The third-order valence-electron chi connectivity index (χ3n) is 6.40. The van der Waals surface area contributed by atoms with Gasteiger partial charge in [-0.25, -0.2) is 4.98 Å². The summed E-state index contributed by atoms with van der Waals surface area (Å²) in [5, 5.41) is 0. The van der Waals surface area contributed by atoms with Crippen molar-refractivity contribution in [3.8, 4) is 5.88 Å². The first-order valence-electron chi connectivity index (χ1n) is 11.6. The predicted octanol–water partition coefficient (Wildman–Crippen LogP) is 4.15. The van der Waals surface area contributed by atoms with Crippen LogP contribution in [0, 0.1) is 0 Å². The van der Waals surface area contributed by atoms with E-state index in [1.165, 1.54) is 22.8 Å². The Balaban J connectivity index is 1.83. The average molecular weight is 471 g/mol. The number of carbonyl (C=O) groups is 1. The Morgan fingerprint density at radius 1 is 1.06 bits per heavy atom. The van der Waals surface area contributed by atoms with Crippen LogP contribution < -0.4 is 4.18 Å². The first-order chi connectivity index (χ1) is 15.8. The number of hydrogen-bond donors (Lipinski definition) is 1. The van der Waals surface area contributed by atoms with Crippen molar-refractivity contribution in [1.29, 1.82) is 0 Å². The summed E-state index contributed by atoms with van der Waals surface area (Å²) in [5.74, 6) is 0.00545. The van der Waals surface area contributed by atoms with Gasteiger partial charge in [0.25, 0.3) is 0 Å². The molecule has 1 aromatic carbocycles. The summed E-state index contributed by atoms with van der Waals surface area (Å²) < 4.78 is 36.4. The third kappa shape index (κ3) is 5.28. The molecular weight excluding hydrogens is 440 g/mol. The van der Waals surface area contributed by atoms with Crippen molar-refractivity contribution in [1.82, 2.24) is 9.88 Å². The molecule has 0 atom stereocenters. The van der Waals surface area contributed by atoms with E-state index in [4.69, 9.17) is 4.55 Å². The minimum Gasteiger partial charge on any atom is -0.342 e. The van der Waals surface area contributed by atoms with Crippen LogP contribution in [0.2, 0.25) is 0 Å². The van der Waals surface area contributed by atoms with E-state index in [2.05, 4.69) is 34.3 Å². The molecule has 2 heterocycles. The standard InChI is InChI=1S/C25H30N2O5S/c1-3-5-17-6-10-21-20(16-17)8-7-19-9-11-22(32-33(29,30)31)26-25(19)24(21)18-12-14-27(15-13-18)23(28)4-2/h6,9-11,16H,3-5,7-8,12-15H2,1-2H3,(H,29,30,31). The Morgan fingerprint density at radius 3 is 2.45 bits per heavy atom. The highest BCUT2D eigenvalue weighted by Gasteiger charge is 2.27. The molecule has 1 aliphatic carbocycles. The van der Waals surface area contributed by atoms with Crippen LogP contribution in [0.4, 0.5) is 0 Å². The molecule has 8 heteroatoms. The molecule has 1 aromatic heterocycles. The summed E-state index contributed by atoms with van der Waals surface area (Å²) in [4.78, 5) is 18.6. The summed E-state index contributed by atoms with van der Waals surface area (Å²) in [5.41, 5.74) is 7.59. The van der Waals surface area contributed by atoms with E-state index in [0.717, 1.165) is 55.2 Å². The van der Waals surface area contributed by atoms with E-state index >= 15 is 0 Å². The molecule has 4 rings (SSSR count). The third-order valence-corrected chi connectivity index (χ3v) is 6.78. The van der Waals surface area contributed by atoms with Crippen molar-refractivity contribution in [2.45, 2.75) is 58.8 Å². The Labute approximate surface area is 195 Å². The second kappa shape index (κ2) is 9.65. The van der Waals surface area contributed by atoms with Crippen LogP contribution in [-0.2, 0) is 34.5 Å². The van der Waals surface area contributed by atoms with E-state index in [9.17, 15) is 13.2 Å². The molecule has 0 bridgehead atoms. The van der Waals surface area contributed by atoms with Gasteiger partial charge < -0.3 is 9.08 Å². The fraction of sp³-hybridized carbons (Fsp3) is 0.440. The lowest BCUT2D eigenvalue weighted by Gasteiger charge is -2.30. The highest BCUT2D eigenvalue weighted by molar-refractivity contribution is 7.81. The van der Waals surface area contributed by atoms with E-state index in [-0.39, 0.29) is 11.8 Å². The maximum atomic E-state index is 12.2. The van der Waals surface area contributed by atoms with Crippen molar-refractivity contribution in [3.05, 3.63) is 63.9 Å². The van der Waals surface area contributed by atoms with Gasteiger partial charge >= 0.3 is 10.4 Å². The van der Waals surface area contributed by atoms with E-state index < -0.39 is 10.4 Å². The maximum absolute atomic E-state index is 12.2. The zero-order chi connectivity index (χ0) is 23.6. The van der Waals surface area contributed by atoms with Crippen molar-refractivity contribution in [2.75, 3.05) is 13.1 Å². The molecule has 1 N–H and O–H groups in total. The monoisotopic (exact) mass is 470 g/mol. The van der Waals surface area contributed by atoms with Gasteiger partial charge in [-0.2, -0.15) is 8.42 Å². The smallest absolute Gasteiger partial charge is 0.342 e. The molecular formula is C25H30N2O5S. The topological polar surface area (TPSA) is 96.8 Å². The summed E-state index contributed by atoms with van der Waals surface area (Å²) in [6, 6.07) is 9.89. The van der Waals surface area contributed by atoms with Gasteiger partial charge in [0, 0.05) is 31.1 Å². The summed E-state index contributed by atoms with van der Waals surface area (Å²) in [6.07, 6.45) is 5.70. The van der Waals surface area contributed by atoms with Gasteiger partial charge in [0.15, 0.2) is 0 Å². The van der Waals surface area contributed by atoms with Crippen LogP contribution in [0.15, 0.2) is 35.9 Å². The van der Waals surface area contributed by atoms with E-state index in [1.807, 2.05) is 17.9 Å². The summed E-state index contributed by atoms with van der Waals surface area (Å²) in [6.45, 7) is 5.36. The van der Waals surface area contributed by atoms with Gasteiger partial charge in [0.05, 0.1) is 5.69 Å². The molecule has 33 heavy (non-hydrogen) atoms. The summed E-state index contributed by atoms with van der Waals surface area (Å²) >= 11 is 0. The quantitative estimate of drug-likeness (QED) is 0.660. The van der Waals surface area contributed by atoms with Gasteiger partial charge in [-0.3, -0.25) is 9.35 Å². The highest BCUT2D eigenvalue weighted by atomic mass is 32.3. The number of aryl methyl sites for hydroxylation is 3. The number of carbonyl (C=O) groups excluding carboxylic acids is 1. The predicted molar refractivity (Wildman–Crippen MR) is 126 cm³/mol. The molecule has 1 fully saturated rings. The molecule has 176 valence electrons. The zero-order valence-corrected chi connectivity index (χ0v) is 20.0. The summed E-state index contributed by atoms with van der Waals surface area (Å²) in [7, 11) is -4.67. The molecule has 2 aromatic rings. The fourth-order valence-corrected chi connectivity index (χ4v) is 5.15. The molecule has 1 aliphatic heterocycles. The lowest BCUT2D eigenvalue weighted by Crippen LogP contribution is -2.36. The van der Waals surface area contributed by atoms with Crippen LogP contribution in [0.1, 0.15) is 67.5 Å². The Kier molecular flexibility index (Phi) is 6.86. The number of hydrogen-bond acceptors (Lipinski definition) is 5. The Hall–Kier alpha value is -2.71. The number of rotatable bonds is 5. The molecule has 0 spiro atoms. The molecule has 1 amide bonds. The second-order valence-electron chi connectivity index (χ2n) is 8.62. The number of pyridine rings is 1. The number of piperidine rings is 1. The minimum absolute atomic E-state index is 0.154. The second-order valence-corrected chi connectivity index (χ2v) is 9.64. The van der Waals surface area contributed by atoms with Gasteiger partial charge in [0.1, 0.15) is 0 Å².